The van der Waals surface area contributed by atoms with Crippen molar-refractivity contribution in [3.8, 4) is 11.1 Å². The third kappa shape index (κ3) is 4.60. The SMILES string of the molecule is O=C(Nc1ccccc1-c1ccc(F)cc1[Se]c1ccccc1)c1ccccn1. The fourth-order valence-electron chi connectivity index (χ4n) is 2.93. The van der Waals surface area contributed by atoms with Crippen LogP contribution in [0.3, 0.4) is 0 Å². The molecule has 0 spiro atoms. The molecule has 0 unspecified atom stereocenters. The molecule has 5 heteroatoms. The van der Waals surface area contributed by atoms with Crippen molar-refractivity contribution in [2.45, 2.75) is 0 Å². The fourth-order valence-corrected chi connectivity index (χ4v) is 5.04. The Morgan fingerprint density at radius 3 is 2.38 bits per heavy atom. The Bertz CT molecular complexity index is 1130. The van der Waals surface area contributed by atoms with Gasteiger partial charge in [0.1, 0.15) is 0 Å². The molecule has 0 atom stereocenters. The molecule has 3 aromatic carbocycles. The first-order valence-corrected chi connectivity index (χ1v) is 10.8. The molecular formula is C24H17FN2OSe. The Morgan fingerprint density at radius 2 is 1.59 bits per heavy atom. The summed E-state index contributed by atoms with van der Waals surface area (Å²) in [5, 5.41) is 2.94. The second-order valence-corrected chi connectivity index (χ2v) is 8.61. The van der Waals surface area contributed by atoms with E-state index in [2.05, 4.69) is 10.3 Å². The number of nitrogens with zero attached hydrogens (tertiary/aromatic N) is 1. The average Bonchev–Trinajstić information content (AvgIpc) is 2.76. The van der Waals surface area contributed by atoms with Crippen molar-refractivity contribution >= 4 is 35.5 Å². The third-order valence-electron chi connectivity index (χ3n) is 4.28. The predicted molar refractivity (Wildman–Crippen MR) is 115 cm³/mol. The monoisotopic (exact) mass is 448 g/mol. The van der Waals surface area contributed by atoms with Gasteiger partial charge in [0, 0.05) is 0 Å². The summed E-state index contributed by atoms with van der Waals surface area (Å²) in [6.07, 6.45) is 1.58. The molecule has 1 N–H and O–H groups in total. The van der Waals surface area contributed by atoms with Crippen molar-refractivity contribution in [2.24, 2.45) is 0 Å². The van der Waals surface area contributed by atoms with Crippen LogP contribution >= 0.6 is 0 Å². The first kappa shape index (κ1) is 19.1. The van der Waals surface area contributed by atoms with Crippen molar-refractivity contribution in [3.05, 3.63) is 109 Å². The molecule has 0 saturated carbocycles. The molecule has 3 nitrogen and oxygen atoms in total. The molecule has 0 fully saturated rings. The number of amides is 1. The summed E-state index contributed by atoms with van der Waals surface area (Å²) < 4.78 is 16.1. The van der Waals surface area contributed by atoms with Gasteiger partial charge in [-0.3, -0.25) is 0 Å². The third-order valence-corrected chi connectivity index (χ3v) is 6.51. The van der Waals surface area contributed by atoms with E-state index < -0.39 is 0 Å². The van der Waals surface area contributed by atoms with E-state index in [-0.39, 0.29) is 26.7 Å². The number of halogens is 1. The number of carbonyl (C=O) groups excluding carboxylic acids is 1. The fraction of sp³-hybridized carbons (Fsp3) is 0. The molecule has 0 bridgehead atoms. The first-order valence-electron chi connectivity index (χ1n) is 9.05. The number of rotatable bonds is 5. The van der Waals surface area contributed by atoms with Gasteiger partial charge in [-0.2, -0.15) is 0 Å². The number of carbonyl (C=O) groups is 1. The standard InChI is InChI=1S/C24H17FN2OSe/c25-17-13-14-20(23(16-17)29-18-8-2-1-3-9-18)19-10-4-5-11-21(19)27-24(28)22-12-6-7-15-26-22/h1-16H,(H,27,28). The van der Waals surface area contributed by atoms with E-state index in [1.54, 1.807) is 36.5 Å². The molecule has 0 aliphatic rings. The van der Waals surface area contributed by atoms with Crippen LogP contribution in [-0.4, -0.2) is 25.8 Å². The van der Waals surface area contributed by atoms with Crippen molar-refractivity contribution in [3.63, 3.8) is 0 Å². The number of benzene rings is 3. The van der Waals surface area contributed by atoms with Gasteiger partial charge in [-0.05, 0) is 0 Å². The second-order valence-electron chi connectivity index (χ2n) is 6.27. The Morgan fingerprint density at radius 1 is 0.828 bits per heavy atom. The van der Waals surface area contributed by atoms with Gasteiger partial charge in [0.25, 0.3) is 0 Å². The maximum atomic E-state index is 14.0. The summed E-state index contributed by atoms with van der Waals surface area (Å²) in [5.41, 5.74) is 2.77. The van der Waals surface area contributed by atoms with Crippen LogP contribution < -0.4 is 14.2 Å². The zero-order chi connectivity index (χ0) is 20.1. The number of aromatic nitrogens is 1. The van der Waals surface area contributed by atoms with Crippen molar-refractivity contribution < 1.29 is 9.18 Å². The van der Waals surface area contributed by atoms with Crippen molar-refractivity contribution in [1.29, 1.82) is 0 Å². The molecule has 0 radical (unpaired) electrons. The summed E-state index contributed by atoms with van der Waals surface area (Å²) in [7, 11) is 0. The zero-order valence-corrected chi connectivity index (χ0v) is 17.1. The van der Waals surface area contributed by atoms with Crippen LogP contribution in [0.5, 0.6) is 0 Å². The van der Waals surface area contributed by atoms with E-state index in [0.29, 0.717) is 11.4 Å². The number of para-hydroxylation sites is 1. The normalized spacial score (nSPS) is 10.5. The van der Waals surface area contributed by atoms with Gasteiger partial charge in [-0.15, -0.1) is 0 Å². The van der Waals surface area contributed by atoms with E-state index in [0.717, 1.165) is 20.1 Å². The van der Waals surface area contributed by atoms with Crippen LogP contribution in [0.2, 0.25) is 0 Å². The predicted octanol–water partition coefficient (Wildman–Crippen LogP) is 3.80. The van der Waals surface area contributed by atoms with E-state index in [9.17, 15) is 9.18 Å². The Hall–Kier alpha value is -3.27. The van der Waals surface area contributed by atoms with Crippen LogP contribution in [0.4, 0.5) is 10.1 Å². The molecule has 29 heavy (non-hydrogen) atoms. The number of hydrogen-bond donors (Lipinski definition) is 1. The molecule has 1 amide bonds. The van der Waals surface area contributed by atoms with Gasteiger partial charge in [-0.1, -0.05) is 0 Å². The number of anilines is 1. The summed E-state index contributed by atoms with van der Waals surface area (Å²) in [6.45, 7) is 0. The van der Waals surface area contributed by atoms with Crippen LogP contribution in [-0.2, 0) is 0 Å². The van der Waals surface area contributed by atoms with Gasteiger partial charge >= 0.3 is 175 Å². The van der Waals surface area contributed by atoms with Gasteiger partial charge < -0.3 is 0 Å². The Kier molecular flexibility index (Phi) is 5.80. The van der Waals surface area contributed by atoms with Crippen LogP contribution in [0, 0.1) is 5.82 Å². The molecule has 142 valence electrons. The first-order chi connectivity index (χ1) is 14.2. The van der Waals surface area contributed by atoms with Crippen molar-refractivity contribution in [1.82, 2.24) is 4.98 Å². The number of pyridine rings is 1. The summed E-state index contributed by atoms with van der Waals surface area (Å²) in [4.78, 5) is 16.7. The molecule has 0 saturated heterocycles. The van der Waals surface area contributed by atoms with E-state index in [4.69, 9.17) is 0 Å². The van der Waals surface area contributed by atoms with Crippen molar-refractivity contribution in [2.75, 3.05) is 5.32 Å². The number of nitrogens with one attached hydrogen (secondary N) is 1. The van der Waals surface area contributed by atoms with E-state index in [1.165, 1.54) is 6.07 Å². The zero-order valence-electron chi connectivity index (χ0n) is 15.4. The maximum absolute atomic E-state index is 14.0. The number of hydrogen-bond acceptors (Lipinski definition) is 2. The summed E-state index contributed by atoms with van der Waals surface area (Å²) in [6, 6.07) is 27.6. The Balaban J connectivity index is 1.71. The summed E-state index contributed by atoms with van der Waals surface area (Å²) in [5.74, 6) is -0.549. The molecule has 0 aliphatic carbocycles. The van der Waals surface area contributed by atoms with Crippen LogP contribution in [0.15, 0.2) is 97.2 Å². The van der Waals surface area contributed by atoms with Gasteiger partial charge in [0.15, 0.2) is 0 Å². The molecule has 4 rings (SSSR count). The minimum atomic E-state index is -0.282. The minimum absolute atomic E-state index is 0.0726. The molecule has 4 aromatic rings. The molecule has 0 aliphatic heterocycles. The van der Waals surface area contributed by atoms with E-state index >= 15 is 0 Å². The quantitative estimate of drug-likeness (QED) is 0.473. The van der Waals surface area contributed by atoms with E-state index in [1.807, 2.05) is 54.6 Å². The summed E-state index contributed by atoms with van der Waals surface area (Å²) >= 11 is -0.0726. The average molecular weight is 447 g/mol. The van der Waals surface area contributed by atoms with Gasteiger partial charge in [-0.25, -0.2) is 0 Å². The molecular weight excluding hydrogens is 430 g/mol. The topological polar surface area (TPSA) is 42.0 Å². The molecule has 1 aromatic heterocycles. The van der Waals surface area contributed by atoms with Gasteiger partial charge in [0.2, 0.25) is 0 Å². The van der Waals surface area contributed by atoms with Crippen LogP contribution in [0.1, 0.15) is 10.5 Å². The van der Waals surface area contributed by atoms with Crippen LogP contribution in [0.25, 0.3) is 11.1 Å². The Labute approximate surface area is 174 Å². The van der Waals surface area contributed by atoms with Gasteiger partial charge in [0.05, 0.1) is 0 Å². The molecule has 1 heterocycles. The second kappa shape index (κ2) is 8.82.